The number of ether oxygens (including phenoxy) is 2. The highest BCUT2D eigenvalue weighted by Gasteiger charge is 2.15. The molecular formula is C27H22O3. The standard InChI is InChI=1S/C27H22O3/c1-19-11-15-21(16-12-19)23-7-3-5-9-25(23)29-27(28)30-26-10-6-4-8-24(26)22-17-13-20(2)14-18-22/h3-18H,1-2H3. The van der Waals surface area contributed by atoms with Crippen LogP contribution in [0.2, 0.25) is 0 Å². The lowest BCUT2D eigenvalue weighted by atomic mass is 10.0. The fraction of sp³-hybridized carbons (Fsp3) is 0.0741. The second-order valence-electron chi connectivity index (χ2n) is 7.18. The van der Waals surface area contributed by atoms with E-state index in [-0.39, 0.29) is 0 Å². The molecule has 0 saturated heterocycles. The molecule has 4 rings (SSSR count). The Kier molecular flexibility index (Phi) is 5.62. The first-order chi connectivity index (χ1) is 14.6. The Morgan fingerprint density at radius 1 is 0.533 bits per heavy atom. The van der Waals surface area contributed by atoms with Crippen LogP contribution in [0.15, 0.2) is 97.1 Å². The molecule has 3 nitrogen and oxygen atoms in total. The van der Waals surface area contributed by atoms with Crippen LogP contribution in [0.4, 0.5) is 4.79 Å². The van der Waals surface area contributed by atoms with Gasteiger partial charge in [-0.25, -0.2) is 4.79 Å². The third kappa shape index (κ3) is 4.41. The lowest BCUT2D eigenvalue weighted by Crippen LogP contribution is -2.14. The lowest BCUT2D eigenvalue weighted by Gasteiger charge is -2.13. The van der Waals surface area contributed by atoms with Gasteiger partial charge in [-0.1, -0.05) is 96.1 Å². The zero-order valence-electron chi connectivity index (χ0n) is 17.0. The minimum atomic E-state index is -0.769. The maximum Gasteiger partial charge on any atom is 0.519 e. The van der Waals surface area contributed by atoms with Gasteiger partial charge in [0.05, 0.1) is 0 Å². The topological polar surface area (TPSA) is 35.5 Å². The molecule has 30 heavy (non-hydrogen) atoms. The van der Waals surface area contributed by atoms with Crippen LogP contribution in [0.1, 0.15) is 11.1 Å². The van der Waals surface area contributed by atoms with E-state index < -0.39 is 6.16 Å². The third-order valence-electron chi connectivity index (χ3n) is 4.89. The summed E-state index contributed by atoms with van der Waals surface area (Å²) in [6.45, 7) is 4.07. The van der Waals surface area contributed by atoms with Crippen molar-refractivity contribution in [2.75, 3.05) is 0 Å². The van der Waals surface area contributed by atoms with E-state index in [0.29, 0.717) is 11.5 Å². The van der Waals surface area contributed by atoms with Crippen molar-refractivity contribution in [3.05, 3.63) is 108 Å². The minimum absolute atomic E-state index is 0.458. The number of aryl methyl sites for hydroxylation is 2. The average Bonchev–Trinajstić information content (AvgIpc) is 2.76. The molecule has 0 bridgehead atoms. The Labute approximate surface area is 176 Å². The van der Waals surface area contributed by atoms with Crippen LogP contribution in [0, 0.1) is 13.8 Å². The molecule has 0 aliphatic heterocycles. The van der Waals surface area contributed by atoms with Crippen LogP contribution < -0.4 is 9.47 Å². The first kappa shape index (κ1) is 19.5. The molecule has 0 N–H and O–H groups in total. The summed E-state index contributed by atoms with van der Waals surface area (Å²) >= 11 is 0. The molecule has 0 aliphatic carbocycles. The number of carbonyl (C=O) groups is 1. The van der Waals surface area contributed by atoms with Gasteiger partial charge in [0.2, 0.25) is 0 Å². The van der Waals surface area contributed by atoms with E-state index >= 15 is 0 Å². The van der Waals surface area contributed by atoms with Crippen molar-refractivity contribution in [3.8, 4) is 33.8 Å². The zero-order valence-corrected chi connectivity index (χ0v) is 17.0. The molecule has 4 aromatic rings. The third-order valence-corrected chi connectivity index (χ3v) is 4.89. The summed E-state index contributed by atoms with van der Waals surface area (Å²) in [6, 6.07) is 31.0. The smallest absolute Gasteiger partial charge is 0.394 e. The van der Waals surface area contributed by atoms with Gasteiger partial charge in [0.1, 0.15) is 11.5 Å². The molecule has 0 amide bonds. The number of rotatable bonds is 4. The fourth-order valence-electron chi connectivity index (χ4n) is 3.25. The molecule has 0 atom stereocenters. The van der Waals surface area contributed by atoms with Crippen molar-refractivity contribution in [2.45, 2.75) is 13.8 Å². The van der Waals surface area contributed by atoms with Crippen molar-refractivity contribution in [1.29, 1.82) is 0 Å². The van der Waals surface area contributed by atoms with E-state index in [1.165, 1.54) is 11.1 Å². The van der Waals surface area contributed by atoms with Crippen LogP contribution in [-0.2, 0) is 0 Å². The van der Waals surface area contributed by atoms with Gasteiger partial charge in [0, 0.05) is 11.1 Å². The van der Waals surface area contributed by atoms with Gasteiger partial charge < -0.3 is 9.47 Å². The quantitative estimate of drug-likeness (QED) is 0.271. The zero-order chi connectivity index (χ0) is 20.9. The van der Waals surface area contributed by atoms with Gasteiger partial charge >= 0.3 is 6.16 Å². The number of benzene rings is 4. The van der Waals surface area contributed by atoms with Crippen LogP contribution >= 0.6 is 0 Å². The molecule has 0 spiro atoms. The van der Waals surface area contributed by atoms with Gasteiger partial charge in [0.15, 0.2) is 0 Å². The number of hydrogen-bond donors (Lipinski definition) is 0. The second kappa shape index (κ2) is 8.66. The number of hydrogen-bond acceptors (Lipinski definition) is 3. The molecule has 0 aromatic heterocycles. The van der Waals surface area contributed by atoms with E-state index in [1.807, 2.05) is 98.8 Å². The van der Waals surface area contributed by atoms with Crippen molar-refractivity contribution in [3.63, 3.8) is 0 Å². The predicted octanol–water partition coefficient (Wildman–Crippen LogP) is 7.22. The maximum absolute atomic E-state index is 12.6. The van der Waals surface area contributed by atoms with Crippen molar-refractivity contribution >= 4 is 6.16 Å². The predicted molar refractivity (Wildman–Crippen MR) is 120 cm³/mol. The van der Waals surface area contributed by atoms with E-state index in [9.17, 15) is 4.79 Å². The monoisotopic (exact) mass is 394 g/mol. The summed E-state index contributed by atoms with van der Waals surface area (Å²) in [5.41, 5.74) is 5.96. The highest BCUT2D eigenvalue weighted by molar-refractivity contribution is 5.78. The molecule has 0 unspecified atom stereocenters. The molecule has 148 valence electrons. The minimum Gasteiger partial charge on any atom is -0.394 e. The fourth-order valence-corrected chi connectivity index (χ4v) is 3.25. The Morgan fingerprint density at radius 2 is 0.900 bits per heavy atom. The first-order valence-electron chi connectivity index (χ1n) is 9.82. The number of para-hydroxylation sites is 2. The summed E-state index contributed by atoms with van der Waals surface area (Å²) < 4.78 is 11.2. The van der Waals surface area contributed by atoms with Gasteiger partial charge in [-0.2, -0.15) is 0 Å². The van der Waals surface area contributed by atoms with Gasteiger partial charge in [0.25, 0.3) is 0 Å². The first-order valence-corrected chi connectivity index (χ1v) is 9.82. The molecule has 0 aliphatic rings. The second-order valence-corrected chi connectivity index (χ2v) is 7.18. The number of carbonyl (C=O) groups excluding carboxylic acids is 1. The van der Waals surface area contributed by atoms with E-state index in [0.717, 1.165) is 22.3 Å². The van der Waals surface area contributed by atoms with Crippen LogP contribution in [0.5, 0.6) is 11.5 Å². The molecule has 4 aromatic carbocycles. The Hall–Kier alpha value is -3.85. The van der Waals surface area contributed by atoms with E-state index in [4.69, 9.17) is 9.47 Å². The average molecular weight is 394 g/mol. The molecule has 0 fully saturated rings. The lowest BCUT2D eigenvalue weighted by molar-refractivity contribution is 0.152. The normalized spacial score (nSPS) is 10.5. The molecule has 3 heteroatoms. The summed E-state index contributed by atoms with van der Waals surface area (Å²) in [7, 11) is 0. The molecule has 0 heterocycles. The van der Waals surface area contributed by atoms with Crippen molar-refractivity contribution in [2.24, 2.45) is 0 Å². The van der Waals surface area contributed by atoms with Gasteiger partial charge in [-0.05, 0) is 37.1 Å². The summed E-state index contributed by atoms with van der Waals surface area (Å²) in [4.78, 5) is 12.6. The van der Waals surface area contributed by atoms with E-state index in [1.54, 1.807) is 12.1 Å². The Morgan fingerprint density at radius 3 is 1.30 bits per heavy atom. The van der Waals surface area contributed by atoms with Crippen molar-refractivity contribution < 1.29 is 14.3 Å². The van der Waals surface area contributed by atoms with Crippen LogP contribution in [0.3, 0.4) is 0 Å². The Balaban J connectivity index is 1.57. The van der Waals surface area contributed by atoms with Crippen molar-refractivity contribution in [1.82, 2.24) is 0 Å². The Bertz CT molecular complexity index is 1070. The van der Waals surface area contributed by atoms with Gasteiger partial charge in [-0.15, -0.1) is 0 Å². The van der Waals surface area contributed by atoms with Crippen LogP contribution in [-0.4, -0.2) is 6.16 Å². The summed E-state index contributed by atoms with van der Waals surface area (Å²) in [6.07, 6.45) is -0.769. The summed E-state index contributed by atoms with van der Waals surface area (Å²) in [5, 5.41) is 0. The van der Waals surface area contributed by atoms with E-state index in [2.05, 4.69) is 0 Å². The largest absolute Gasteiger partial charge is 0.519 e. The SMILES string of the molecule is Cc1ccc(-c2ccccc2OC(=O)Oc2ccccc2-c2ccc(C)cc2)cc1. The van der Waals surface area contributed by atoms with Crippen LogP contribution in [0.25, 0.3) is 22.3 Å². The highest BCUT2D eigenvalue weighted by Crippen LogP contribution is 2.32. The maximum atomic E-state index is 12.6. The molecular weight excluding hydrogens is 372 g/mol. The summed E-state index contributed by atoms with van der Waals surface area (Å²) in [5.74, 6) is 0.915. The highest BCUT2D eigenvalue weighted by atomic mass is 16.7. The molecule has 0 saturated carbocycles. The molecule has 0 radical (unpaired) electrons. The van der Waals surface area contributed by atoms with Gasteiger partial charge in [-0.3, -0.25) is 0 Å².